The number of halogens is 1. The summed E-state index contributed by atoms with van der Waals surface area (Å²) < 4.78 is 10.5. The first-order valence-corrected chi connectivity index (χ1v) is 8.76. The predicted molar refractivity (Wildman–Crippen MR) is 109 cm³/mol. The zero-order valence-corrected chi connectivity index (χ0v) is 16.4. The van der Waals surface area contributed by atoms with Crippen molar-refractivity contribution in [3.8, 4) is 11.5 Å². The summed E-state index contributed by atoms with van der Waals surface area (Å²) in [6, 6.07) is 10.6. The van der Waals surface area contributed by atoms with E-state index >= 15 is 0 Å². The Hall–Kier alpha value is -3.32. The molecule has 0 aliphatic heterocycles. The van der Waals surface area contributed by atoms with E-state index < -0.39 is 0 Å². The van der Waals surface area contributed by atoms with Crippen LogP contribution in [0, 0.1) is 6.92 Å². The van der Waals surface area contributed by atoms with Gasteiger partial charge in [0.05, 0.1) is 32.3 Å². The van der Waals surface area contributed by atoms with Crippen LogP contribution in [0.3, 0.4) is 0 Å². The van der Waals surface area contributed by atoms with Crippen molar-refractivity contribution in [2.75, 3.05) is 24.9 Å². The maximum Gasteiger partial charge on any atom is 0.275 e. The van der Waals surface area contributed by atoms with Crippen LogP contribution in [-0.4, -0.2) is 30.1 Å². The van der Waals surface area contributed by atoms with Gasteiger partial charge in [-0.3, -0.25) is 4.79 Å². The van der Waals surface area contributed by atoms with Crippen molar-refractivity contribution in [1.82, 2.24) is 9.97 Å². The van der Waals surface area contributed by atoms with Crippen molar-refractivity contribution in [1.29, 1.82) is 0 Å². The number of carbonyl (C=O) groups excluding carboxylic acids is 1. The molecule has 0 aliphatic rings. The van der Waals surface area contributed by atoms with Crippen molar-refractivity contribution in [2.24, 2.45) is 0 Å². The smallest absolute Gasteiger partial charge is 0.275 e. The number of anilines is 3. The predicted octanol–water partition coefficient (Wildman–Crippen LogP) is 4.45. The summed E-state index contributed by atoms with van der Waals surface area (Å²) in [6.45, 7) is 1.89. The summed E-state index contributed by atoms with van der Waals surface area (Å²) in [6.07, 6.45) is 2.86. The van der Waals surface area contributed by atoms with Crippen molar-refractivity contribution in [3.63, 3.8) is 0 Å². The summed E-state index contributed by atoms with van der Waals surface area (Å²) in [5, 5.41) is 6.43. The van der Waals surface area contributed by atoms with Gasteiger partial charge in [-0.15, -0.1) is 0 Å². The Morgan fingerprint density at radius 2 is 1.86 bits per heavy atom. The monoisotopic (exact) mass is 398 g/mol. The SMILES string of the molecule is COc1ccc(OC)c(Nc2cnc(C(=O)Nc3ccc(C)c(Cl)c3)cn2)c1. The van der Waals surface area contributed by atoms with E-state index in [2.05, 4.69) is 20.6 Å². The van der Waals surface area contributed by atoms with Gasteiger partial charge in [0.2, 0.25) is 0 Å². The fourth-order valence-electron chi connectivity index (χ4n) is 2.43. The molecular weight excluding hydrogens is 380 g/mol. The van der Waals surface area contributed by atoms with Crippen molar-refractivity contribution in [2.45, 2.75) is 6.92 Å². The van der Waals surface area contributed by atoms with E-state index in [1.807, 2.05) is 13.0 Å². The van der Waals surface area contributed by atoms with Crippen LogP contribution >= 0.6 is 11.6 Å². The molecule has 1 aromatic heterocycles. The first-order valence-electron chi connectivity index (χ1n) is 8.38. The average molecular weight is 399 g/mol. The number of hydrogen-bond donors (Lipinski definition) is 2. The lowest BCUT2D eigenvalue weighted by molar-refractivity contribution is 0.102. The third-order valence-electron chi connectivity index (χ3n) is 3.98. The second-order valence-electron chi connectivity index (χ2n) is 5.90. The Kier molecular flexibility index (Phi) is 5.96. The molecule has 0 radical (unpaired) electrons. The van der Waals surface area contributed by atoms with Gasteiger partial charge in [-0.05, 0) is 36.8 Å². The van der Waals surface area contributed by atoms with E-state index in [0.29, 0.717) is 33.7 Å². The number of aromatic nitrogens is 2. The topological polar surface area (TPSA) is 85.4 Å². The number of aryl methyl sites for hydroxylation is 1. The number of nitrogens with one attached hydrogen (secondary N) is 2. The third-order valence-corrected chi connectivity index (χ3v) is 4.39. The van der Waals surface area contributed by atoms with Gasteiger partial charge in [0, 0.05) is 16.8 Å². The molecule has 1 amide bonds. The lowest BCUT2D eigenvalue weighted by Gasteiger charge is -2.12. The van der Waals surface area contributed by atoms with Crippen LogP contribution in [0.5, 0.6) is 11.5 Å². The molecule has 0 fully saturated rings. The molecule has 0 saturated heterocycles. The molecule has 3 aromatic rings. The molecular formula is C20H19ClN4O3. The van der Waals surface area contributed by atoms with Crippen LogP contribution in [0.15, 0.2) is 48.8 Å². The molecule has 3 rings (SSSR count). The summed E-state index contributed by atoms with van der Waals surface area (Å²) >= 11 is 6.08. The quantitative estimate of drug-likeness (QED) is 0.638. The molecule has 28 heavy (non-hydrogen) atoms. The molecule has 1 heterocycles. The molecule has 0 bridgehead atoms. The molecule has 2 N–H and O–H groups in total. The van der Waals surface area contributed by atoms with Gasteiger partial charge >= 0.3 is 0 Å². The lowest BCUT2D eigenvalue weighted by Crippen LogP contribution is -2.14. The minimum Gasteiger partial charge on any atom is -0.497 e. The van der Waals surface area contributed by atoms with E-state index in [9.17, 15) is 4.79 Å². The Morgan fingerprint density at radius 1 is 1.04 bits per heavy atom. The maximum absolute atomic E-state index is 12.4. The minimum absolute atomic E-state index is 0.180. The number of nitrogens with zero attached hydrogens (tertiary/aromatic N) is 2. The van der Waals surface area contributed by atoms with Crippen molar-refractivity contribution >= 4 is 34.7 Å². The number of rotatable bonds is 6. The largest absolute Gasteiger partial charge is 0.497 e. The Morgan fingerprint density at radius 3 is 2.50 bits per heavy atom. The van der Waals surface area contributed by atoms with E-state index in [-0.39, 0.29) is 11.6 Å². The number of amides is 1. The number of benzene rings is 2. The number of methoxy groups -OCH3 is 2. The standard InChI is InChI=1S/C20H19ClN4O3/c1-12-4-5-13(8-15(12)21)24-20(26)17-10-23-19(11-22-17)25-16-9-14(27-2)6-7-18(16)28-3/h4-11H,1-3H3,(H,23,25)(H,24,26). The van der Waals surface area contributed by atoms with Crippen LogP contribution in [0.25, 0.3) is 0 Å². The molecule has 7 nitrogen and oxygen atoms in total. The zero-order valence-electron chi connectivity index (χ0n) is 15.6. The number of ether oxygens (including phenoxy) is 2. The highest BCUT2D eigenvalue weighted by atomic mass is 35.5. The van der Waals surface area contributed by atoms with Gasteiger partial charge in [-0.2, -0.15) is 0 Å². The van der Waals surface area contributed by atoms with Gasteiger partial charge in [0.25, 0.3) is 5.91 Å². The third kappa shape index (κ3) is 4.50. The maximum atomic E-state index is 12.4. The summed E-state index contributed by atoms with van der Waals surface area (Å²) in [4.78, 5) is 20.8. The van der Waals surface area contributed by atoms with Crippen LogP contribution in [-0.2, 0) is 0 Å². The fourth-order valence-corrected chi connectivity index (χ4v) is 2.61. The Labute approximate surface area is 167 Å². The van der Waals surface area contributed by atoms with Crippen LogP contribution < -0.4 is 20.1 Å². The summed E-state index contributed by atoms with van der Waals surface area (Å²) in [5.41, 5.74) is 2.37. The highest BCUT2D eigenvalue weighted by molar-refractivity contribution is 6.31. The Bertz CT molecular complexity index is 993. The van der Waals surface area contributed by atoms with Gasteiger partial charge < -0.3 is 20.1 Å². The highest BCUT2D eigenvalue weighted by Crippen LogP contribution is 2.30. The van der Waals surface area contributed by atoms with Crippen LogP contribution in [0.2, 0.25) is 5.02 Å². The molecule has 2 aromatic carbocycles. The van der Waals surface area contributed by atoms with Crippen LogP contribution in [0.4, 0.5) is 17.2 Å². The van der Waals surface area contributed by atoms with Gasteiger partial charge in [-0.25, -0.2) is 9.97 Å². The summed E-state index contributed by atoms with van der Waals surface area (Å²) in [5.74, 6) is 1.38. The second-order valence-corrected chi connectivity index (χ2v) is 6.30. The van der Waals surface area contributed by atoms with E-state index in [4.69, 9.17) is 21.1 Å². The van der Waals surface area contributed by atoms with E-state index in [0.717, 1.165) is 5.56 Å². The van der Waals surface area contributed by atoms with Gasteiger partial charge in [-0.1, -0.05) is 17.7 Å². The molecule has 0 aliphatic carbocycles. The minimum atomic E-state index is -0.377. The van der Waals surface area contributed by atoms with Crippen LogP contribution in [0.1, 0.15) is 16.1 Å². The Balaban J connectivity index is 1.72. The lowest BCUT2D eigenvalue weighted by atomic mass is 10.2. The summed E-state index contributed by atoms with van der Waals surface area (Å²) in [7, 11) is 3.16. The molecule has 0 atom stereocenters. The first-order chi connectivity index (χ1) is 13.5. The molecule has 0 spiro atoms. The van der Waals surface area contributed by atoms with E-state index in [1.54, 1.807) is 44.6 Å². The molecule has 0 saturated carbocycles. The van der Waals surface area contributed by atoms with Crippen molar-refractivity contribution in [3.05, 3.63) is 65.1 Å². The van der Waals surface area contributed by atoms with Gasteiger partial charge in [0.15, 0.2) is 0 Å². The highest BCUT2D eigenvalue weighted by Gasteiger charge is 2.11. The zero-order chi connectivity index (χ0) is 20.1. The first kappa shape index (κ1) is 19.4. The van der Waals surface area contributed by atoms with E-state index in [1.165, 1.54) is 12.4 Å². The second kappa shape index (κ2) is 8.58. The molecule has 8 heteroatoms. The fraction of sp³-hybridized carbons (Fsp3) is 0.150. The van der Waals surface area contributed by atoms with Gasteiger partial charge in [0.1, 0.15) is 23.0 Å². The molecule has 0 unspecified atom stereocenters. The normalized spacial score (nSPS) is 10.3. The van der Waals surface area contributed by atoms with Crippen molar-refractivity contribution < 1.29 is 14.3 Å². The number of hydrogen-bond acceptors (Lipinski definition) is 6. The number of carbonyl (C=O) groups is 1. The average Bonchev–Trinajstić information content (AvgIpc) is 2.71. The molecule has 144 valence electrons.